The predicted molar refractivity (Wildman–Crippen MR) is 86.2 cm³/mol. The molecular formula is C15H16BrN3O2. The number of pyridine rings is 1. The number of anilines is 2. The second-order valence-electron chi connectivity index (χ2n) is 4.66. The quantitative estimate of drug-likeness (QED) is 0.831. The van der Waals surface area contributed by atoms with E-state index in [0.717, 1.165) is 10.0 Å². The molecule has 1 aromatic carbocycles. The number of hydrogen-bond acceptors (Lipinski definition) is 4. The van der Waals surface area contributed by atoms with Crippen molar-refractivity contribution in [2.24, 2.45) is 0 Å². The number of nitrogens with two attached hydrogens (primary N) is 1. The summed E-state index contributed by atoms with van der Waals surface area (Å²) in [5, 5.41) is 2.81. The average molecular weight is 350 g/mol. The van der Waals surface area contributed by atoms with Crippen LogP contribution in [0.25, 0.3) is 0 Å². The molecule has 1 atom stereocenters. The first-order valence-electron chi connectivity index (χ1n) is 6.40. The summed E-state index contributed by atoms with van der Waals surface area (Å²) in [7, 11) is 0. The summed E-state index contributed by atoms with van der Waals surface area (Å²) in [5.74, 6) is 0.278. The van der Waals surface area contributed by atoms with Gasteiger partial charge in [0.1, 0.15) is 5.75 Å². The van der Waals surface area contributed by atoms with Gasteiger partial charge in [0.05, 0.1) is 6.20 Å². The molecule has 5 nitrogen and oxygen atoms in total. The minimum absolute atomic E-state index is 0.247. The fourth-order valence-corrected chi connectivity index (χ4v) is 2.07. The van der Waals surface area contributed by atoms with Gasteiger partial charge in [-0.1, -0.05) is 6.07 Å². The number of halogens is 1. The Hall–Kier alpha value is -2.08. The van der Waals surface area contributed by atoms with E-state index in [0.29, 0.717) is 17.1 Å². The highest BCUT2D eigenvalue weighted by molar-refractivity contribution is 9.10. The molecule has 1 aromatic heterocycles. The number of amides is 1. The highest BCUT2D eigenvalue weighted by Crippen LogP contribution is 2.20. The van der Waals surface area contributed by atoms with Gasteiger partial charge in [0.15, 0.2) is 6.10 Å². The van der Waals surface area contributed by atoms with Crippen LogP contribution in [0.15, 0.2) is 41.1 Å². The van der Waals surface area contributed by atoms with Gasteiger partial charge in [0, 0.05) is 22.0 Å². The van der Waals surface area contributed by atoms with E-state index in [2.05, 4.69) is 26.2 Å². The number of ether oxygens (including phenoxy) is 1. The molecule has 0 saturated carbocycles. The molecule has 0 radical (unpaired) electrons. The summed E-state index contributed by atoms with van der Waals surface area (Å²) in [6, 6.07) is 7.12. The van der Waals surface area contributed by atoms with Gasteiger partial charge in [-0.15, -0.1) is 0 Å². The summed E-state index contributed by atoms with van der Waals surface area (Å²) in [6.45, 7) is 3.58. The van der Waals surface area contributed by atoms with E-state index in [1.807, 2.05) is 13.0 Å². The van der Waals surface area contributed by atoms with E-state index in [4.69, 9.17) is 10.5 Å². The first-order valence-corrected chi connectivity index (χ1v) is 7.19. The Bertz CT molecular complexity index is 661. The normalized spacial score (nSPS) is 11.8. The molecule has 2 rings (SSSR count). The van der Waals surface area contributed by atoms with Gasteiger partial charge in [-0.25, -0.2) is 0 Å². The Morgan fingerprint density at radius 3 is 2.86 bits per heavy atom. The summed E-state index contributed by atoms with van der Waals surface area (Å²) in [6.07, 6.45) is 2.55. The van der Waals surface area contributed by atoms with Crippen molar-refractivity contribution in [3.8, 4) is 5.75 Å². The van der Waals surface area contributed by atoms with Gasteiger partial charge in [-0.2, -0.15) is 0 Å². The smallest absolute Gasteiger partial charge is 0.265 e. The zero-order chi connectivity index (χ0) is 15.4. The third-order valence-electron chi connectivity index (χ3n) is 2.88. The molecule has 0 aliphatic heterocycles. The van der Waals surface area contributed by atoms with Gasteiger partial charge in [0.2, 0.25) is 0 Å². The number of aromatic nitrogens is 1. The molecule has 21 heavy (non-hydrogen) atoms. The Kier molecular flexibility index (Phi) is 4.80. The maximum absolute atomic E-state index is 12.2. The fraction of sp³-hybridized carbons (Fsp3) is 0.200. The van der Waals surface area contributed by atoms with E-state index >= 15 is 0 Å². The third kappa shape index (κ3) is 4.19. The molecule has 1 heterocycles. The molecule has 0 aliphatic carbocycles. The lowest BCUT2D eigenvalue weighted by atomic mass is 10.2. The van der Waals surface area contributed by atoms with Crippen LogP contribution in [0.2, 0.25) is 0 Å². The van der Waals surface area contributed by atoms with Crippen molar-refractivity contribution in [2.45, 2.75) is 20.0 Å². The number of nitrogens with zero attached hydrogens (tertiary/aromatic N) is 1. The van der Waals surface area contributed by atoms with E-state index in [-0.39, 0.29) is 5.91 Å². The van der Waals surface area contributed by atoms with Crippen LogP contribution >= 0.6 is 15.9 Å². The molecule has 0 bridgehead atoms. The molecule has 0 aliphatic rings. The molecule has 0 fully saturated rings. The second-order valence-corrected chi connectivity index (χ2v) is 5.58. The minimum Gasteiger partial charge on any atom is -0.479 e. The number of hydrogen-bond donors (Lipinski definition) is 2. The summed E-state index contributed by atoms with van der Waals surface area (Å²) in [4.78, 5) is 16.1. The van der Waals surface area contributed by atoms with Crippen LogP contribution in [-0.4, -0.2) is 17.0 Å². The number of rotatable bonds is 4. The standard InChI is InChI=1S/C15H16BrN3O2/c1-9-3-4-12(17)6-14(9)19-15(20)10(2)21-13-5-11(16)7-18-8-13/h3-8,10H,17H2,1-2H3,(H,19,20). The monoisotopic (exact) mass is 349 g/mol. The summed E-state index contributed by atoms with van der Waals surface area (Å²) in [5.41, 5.74) is 7.94. The highest BCUT2D eigenvalue weighted by atomic mass is 79.9. The Labute approximate surface area is 131 Å². The van der Waals surface area contributed by atoms with Crippen LogP contribution in [0, 0.1) is 6.92 Å². The van der Waals surface area contributed by atoms with Gasteiger partial charge in [-0.05, 0) is 53.5 Å². The maximum atomic E-state index is 12.2. The lowest BCUT2D eigenvalue weighted by Crippen LogP contribution is -2.30. The molecule has 1 unspecified atom stereocenters. The van der Waals surface area contributed by atoms with Crippen molar-refractivity contribution in [1.82, 2.24) is 4.98 Å². The van der Waals surface area contributed by atoms with Crippen molar-refractivity contribution in [1.29, 1.82) is 0 Å². The van der Waals surface area contributed by atoms with Crippen molar-refractivity contribution < 1.29 is 9.53 Å². The van der Waals surface area contributed by atoms with E-state index in [9.17, 15) is 4.79 Å². The van der Waals surface area contributed by atoms with E-state index in [1.165, 1.54) is 0 Å². The number of benzene rings is 1. The molecule has 2 aromatic rings. The van der Waals surface area contributed by atoms with Crippen LogP contribution < -0.4 is 15.8 Å². The zero-order valence-corrected chi connectivity index (χ0v) is 13.3. The van der Waals surface area contributed by atoms with Crippen LogP contribution in [-0.2, 0) is 4.79 Å². The lowest BCUT2D eigenvalue weighted by Gasteiger charge is -2.16. The SMILES string of the molecule is Cc1ccc(N)cc1NC(=O)C(C)Oc1cncc(Br)c1. The molecule has 3 N–H and O–H groups in total. The van der Waals surface area contributed by atoms with Gasteiger partial charge in [-0.3, -0.25) is 9.78 Å². The van der Waals surface area contributed by atoms with Crippen molar-refractivity contribution >= 4 is 33.2 Å². The maximum Gasteiger partial charge on any atom is 0.265 e. The van der Waals surface area contributed by atoms with Gasteiger partial charge in [0.25, 0.3) is 5.91 Å². The third-order valence-corrected chi connectivity index (χ3v) is 3.32. The average Bonchev–Trinajstić information content (AvgIpc) is 2.43. The first-order chi connectivity index (χ1) is 9.95. The highest BCUT2D eigenvalue weighted by Gasteiger charge is 2.16. The molecule has 0 saturated heterocycles. The molecular weight excluding hydrogens is 334 g/mol. The van der Waals surface area contributed by atoms with E-state index in [1.54, 1.807) is 37.5 Å². The van der Waals surface area contributed by atoms with Crippen molar-refractivity contribution in [3.63, 3.8) is 0 Å². The van der Waals surface area contributed by atoms with Crippen LogP contribution in [0.4, 0.5) is 11.4 Å². The van der Waals surface area contributed by atoms with Crippen molar-refractivity contribution in [2.75, 3.05) is 11.1 Å². The molecule has 110 valence electrons. The van der Waals surface area contributed by atoms with Gasteiger partial charge >= 0.3 is 0 Å². The number of nitrogens with one attached hydrogen (secondary N) is 1. The number of nitrogen functional groups attached to an aromatic ring is 1. The summed E-state index contributed by atoms with van der Waals surface area (Å²) < 4.78 is 6.35. The lowest BCUT2D eigenvalue weighted by molar-refractivity contribution is -0.122. The zero-order valence-electron chi connectivity index (χ0n) is 11.8. The second kappa shape index (κ2) is 6.58. The Morgan fingerprint density at radius 1 is 1.38 bits per heavy atom. The number of carbonyl (C=O) groups is 1. The number of aryl methyl sites for hydroxylation is 1. The van der Waals surface area contributed by atoms with E-state index < -0.39 is 6.10 Å². The fourth-order valence-electron chi connectivity index (χ4n) is 1.72. The number of carbonyl (C=O) groups excluding carboxylic acids is 1. The summed E-state index contributed by atoms with van der Waals surface area (Å²) >= 11 is 3.30. The predicted octanol–water partition coefficient (Wildman–Crippen LogP) is 3.14. The van der Waals surface area contributed by atoms with Crippen LogP contribution in [0.3, 0.4) is 0 Å². The largest absolute Gasteiger partial charge is 0.479 e. The van der Waals surface area contributed by atoms with Gasteiger partial charge < -0.3 is 15.8 Å². The topological polar surface area (TPSA) is 77.2 Å². The Morgan fingerprint density at radius 2 is 2.14 bits per heavy atom. The first kappa shape index (κ1) is 15.3. The molecule has 0 spiro atoms. The molecule has 6 heteroatoms. The van der Waals surface area contributed by atoms with Crippen LogP contribution in [0.5, 0.6) is 5.75 Å². The Balaban J connectivity index is 2.04. The molecule has 1 amide bonds. The van der Waals surface area contributed by atoms with Crippen LogP contribution in [0.1, 0.15) is 12.5 Å². The van der Waals surface area contributed by atoms with Crippen molar-refractivity contribution in [3.05, 3.63) is 46.7 Å². The minimum atomic E-state index is -0.651.